The van der Waals surface area contributed by atoms with Gasteiger partial charge < -0.3 is 15.7 Å². The molecule has 0 bridgehead atoms. The van der Waals surface area contributed by atoms with Gasteiger partial charge in [0, 0.05) is 23.0 Å². The molecule has 0 atom stereocenters. The average molecular weight is 365 g/mol. The Morgan fingerprint density at radius 3 is 2.70 bits per heavy atom. The van der Waals surface area contributed by atoms with E-state index < -0.39 is 5.97 Å². The van der Waals surface area contributed by atoms with Crippen LogP contribution in [0.4, 0.5) is 11.6 Å². The van der Waals surface area contributed by atoms with Crippen molar-refractivity contribution in [1.29, 1.82) is 0 Å². The molecule has 0 radical (unpaired) electrons. The number of aryl methyl sites for hydroxylation is 2. The number of amides is 1. The normalized spacial score (nSPS) is 13.6. The number of anilines is 2. The van der Waals surface area contributed by atoms with E-state index in [1.807, 2.05) is 13.0 Å². The second kappa shape index (κ2) is 6.39. The zero-order chi connectivity index (χ0) is 19.1. The van der Waals surface area contributed by atoms with Crippen LogP contribution in [0, 0.1) is 13.8 Å². The Morgan fingerprint density at radius 1 is 1.22 bits per heavy atom. The van der Waals surface area contributed by atoms with Crippen molar-refractivity contribution in [2.75, 3.05) is 5.32 Å². The number of aromatic carboxylic acids is 1. The molecule has 1 amide bonds. The van der Waals surface area contributed by atoms with Crippen LogP contribution in [0.15, 0.2) is 30.5 Å². The molecule has 2 heterocycles. The molecule has 2 aromatic heterocycles. The molecule has 1 aliphatic rings. The average Bonchev–Trinajstić information content (AvgIpc) is 3.38. The lowest BCUT2D eigenvalue weighted by atomic mass is 10.1. The van der Waals surface area contributed by atoms with Crippen molar-refractivity contribution < 1.29 is 14.7 Å². The number of hydrogen-bond donors (Lipinski definition) is 3. The van der Waals surface area contributed by atoms with Crippen molar-refractivity contribution in [3.8, 4) is 0 Å². The van der Waals surface area contributed by atoms with Crippen molar-refractivity contribution in [3.63, 3.8) is 0 Å². The van der Waals surface area contributed by atoms with Crippen molar-refractivity contribution in [3.05, 3.63) is 52.8 Å². The summed E-state index contributed by atoms with van der Waals surface area (Å²) in [7, 11) is 0. The Labute approximate surface area is 155 Å². The van der Waals surface area contributed by atoms with Gasteiger partial charge in [-0.25, -0.2) is 4.79 Å². The molecule has 4 rings (SSSR count). The van der Waals surface area contributed by atoms with Crippen LogP contribution >= 0.6 is 0 Å². The van der Waals surface area contributed by atoms with Gasteiger partial charge in [0.25, 0.3) is 5.91 Å². The van der Waals surface area contributed by atoms with Crippen LogP contribution in [-0.4, -0.2) is 37.6 Å². The minimum atomic E-state index is -1.00. The van der Waals surface area contributed by atoms with Gasteiger partial charge in [-0.1, -0.05) is 6.07 Å². The number of benzene rings is 1. The van der Waals surface area contributed by atoms with E-state index in [4.69, 9.17) is 0 Å². The lowest BCUT2D eigenvalue weighted by Gasteiger charge is -2.13. The second-order valence-corrected chi connectivity index (χ2v) is 6.78. The third-order valence-corrected chi connectivity index (χ3v) is 4.72. The van der Waals surface area contributed by atoms with Gasteiger partial charge in [-0.2, -0.15) is 5.10 Å². The molecule has 8 nitrogen and oxygen atoms in total. The summed E-state index contributed by atoms with van der Waals surface area (Å²) < 4.78 is 1.70. The van der Waals surface area contributed by atoms with Gasteiger partial charge in [0.1, 0.15) is 0 Å². The monoisotopic (exact) mass is 365 g/mol. The fourth-order valence-electron chi connectivity index (χ4n) is 3.01. The van der Waals surface area contributed by atoms with Crippen LogP contribution in [0.2, 0.25) is 0 Å². The summed E-state index contributed by atoms with van der Waals surface area (Å²) in [4.78, 5) is 23.7. The van der Waals surface area contributed by atoms with Gasteiger partial charge in [-0.05, 0) is 50.5 Å². The lowest BCUT2D eigenvalue weighted by molar-refractivity contribution is 0.0696. The number of nitrogens with zero attached hydrogens (tertiary/aromatic N) is 3. The van der Waals surface area contributed by atoms with Gasteiger partial charge in [0.05, 0.1) is 17.3 Å². The highest BCUT2D eigenvalue weighted by Crippen LogP contribution is 2.25. The molecule has 1 aromatic carbocycles. The molecule has 1 aliphatic carbocycles. The third-order valence-electron chi connectivity index (χ3n) is 4.72. The molecular weight excluding hydrogens is 346 g/mol. The number of fused-ring (bicyclic) bond motifs is 1. The highest BCUT2D eigenvalue weighted by Gasteiger charge is 2.24. The summed E-state index contributed by atoms with van der Waals surface area (Å²) in [5.41, 5.74) is 3.58. The summed E-state index contributed by atoms with van der Waals surface area (Å²) in [5, 5.41) is 23.6. The predicted molar refractivity (Wildman–Crippen MR) is 99.6 cm³/mol. The standard InChI is InChI=1S/C19H19N5O3/c1-10-3-4-12(17(25)21-13-5-6-13)7-16(10)22-19-23-20-9-14-8-15(18(26)27)11(2)24(14)19/h3-4,7-9,13H,5-6H2,1-2H3,(H,21,25)(H,22,23)(H,26,27). The molecule has 8 heteroatoms. The maximum Gasteiger partial charge on any atom is 0.337 e. The zero-order valence-electron chi connectivity index (χ0n) is 15.0. The Kier molecular flexibility index (Phi) is 4.02. The van der Waals surface area contributed by atoms with Crippen LogP contribution < -0.4 is 10.6 Å². The fraction of sp³-hybridized carbons (Fsp3) is 0.263. The van der Waals surface area contributed by atoms with E-state index in [1.54, 1.807) is 29.5 Å². The summed E-state index contributed by atoms with van der Waals surface area (Å²) in [6.45, 7) is 3.64. The molecule has 0 spiro atoms. The minimum Gasteiger partial charge on any atom is -0.478 e. The molecule has 0 saturated heterocycles. The van der Waals surface area contributed by atoms with Gasteiger partial charge in [0.2, 0.25) is 5.95 Å². The van der Waals surface area contributed by atoms with Crippen molar-refractivity contribution >= 4 is 29.0 Å². The SMILES string of the molecule is Cc1ccc(C(=O)NC2CC2)cc1Nc1nncc2cc(C(=O)O)c(C)n12. The number of hydrogen-bond acceptors (Lipinski definition) is 5. The zero-order valence-corrected chi connectivity index (χ0v) is 15.0. The van der Waals surface area contributed by atoms with E-state index >= 15 is 0 Å². The van der Waals surface area contributed by atoms with Crippen molar-refractivity contribution in [1.82, 2.24) is 19.9 Å². The summed E-state index contributed by atoms with van der Waals surface area (Å²) in [6.07, 6.45) is 3.56. The number of rotatable bonds is 5. The molecule has 138 valence electrons. The molecule has 27 heavy (non-hydrogen) atoms. The third kappa shape index (κ3) is 3.21. The molecule has 3 aromatic rings. The first kappa shape index (κ1) is 17.0. The van der Waals surface area contributed by atoms with Crippen LogP contribution in [0.1, 0.15) is 44.8 Å². The van der Waals surface area contributed by atoms with E-state index in [0.29, 0.717) is 28.4 Å². The van der Waals surface area contributed by atoms with Crippen molar-refractivity contribution in [2.45, 2.75) is 32.7 Å². The van der Waals surface area contributed by atoms with Crippen LogP contribution in [0.25, 0.3) is 5.52 Å². The van der Waals surface area contributed by atoms with E-state index in [9.17, 15) is 14.7 Å². The summed E-state index contributed by atoms with van der Waals surface area (Å²) in [6, 6.07) is 7.26. The van der Waals surface area contributed by atoms with Crippen LogP contribution in [0.3, 0.4) is 0 Å². The number of carboxylic acid groups (broad SMARTS) is 1. The Morgan fingerprint density at radius 2 is 2.00 bits per heavy atom. The molecule has 1 saturated carbocycles. The fourth-order valence-corrected chi connectivity index (χ4v) is 3.01. The molecule has 1 fully saturated rings. The number of aromatic nitrogens is 3. The number of carbonyl (C=O) groups is 2. The first-order chi connectivity index (χ1) is 12.9. The summed E-state index contributed by atoms with van der Waals surface area (Å²) in [5.74, 6) is -0.715. The Hall–Kier alpha value is -3.42. The smallest absolute Gasteiger partial charge is 0.337 e. The largest absolute Gasteiger partial charge is 0.478 e. The van der Waals surface area contributed by atoms with Crippen molar-refractivity contribution in [2.24, 2.45) is 0 Å². The molecule has 0 aliphatic heterocycles. The van der Waals surface area contributed by atoms with E-state index in [0.717, 1.165) is 18.4 Å². The first-order valence-corrected chi connectivity index (χ1v) is 8.69. The Balaban J connectivity index is 1.71. The van der Waals surface area contributed by atoms with Gasteiger partial charge in [-0.3, -0.25) is 9.20 Å². The highest BCUT2D eigenvalue weighted by molar-refractivity contribution is 5.96. The quantitative estimate of drug-likeness (QED) is 0.641. The highest BCUT2D eigenvalue weighted by atomic mass is 16.4. The second-order valence-electron chi connectivity index (χ2n) is 6.78. The van der Waals surface area contributed by atoms with Crippen LogP contribution in [-0.2, 0) is 0 Å². The van der Waals surface area contributed by atoms with Gasteiger partial charge >= 0.3 is 5.97 Å². The molecule has 3 N–H and O–H groups in total. The van der Waals surface area contributed by atoms with E-state index in [1.165, 1.54) is 6.20 Å². The summed E-state index contributed by atoms with van der Waals surface area (Å²) >= 11 is 0. The molecule has 0 unspecified atom stereocenters. The number of carboxylic acids is 1. The maximum absolute atomic E-state index is 12.3. The lowest BCUT2D eigenvalue weighted by Crippen LogP contribution is -2.25. The number of nitrogens with one attached hydrogen (secondary N) is 2. The van der Waals surface area contributed by atoms with E-state index in [2.05, 4.69) is 20.8 Å². The van der Waals surface area contributed by atoms with Gasteiger partial charge in [-0.15, -0.1) is 5.10 Å². The predicted octanol–water partition coefficient (Wildman–Crippen LogP) is 2.68. The van der Waals surface area contributed by atoms with Gasteiger partial charge in [0.15, 0.2) is 0 Å². The Bertz CT molecular complexity index is 1070. The van der Waals surface area contributed by atoms with E-state index in [-0.39, 0.29) is 17.5 Å². The first-order valence-electron chi connectivity index (χ1n) is 8.69. The van der Waals surface area contributed by atoms with Crippen LogP contribution in [0.5, 0.6) is 0 Å². The topological polar surface area (TPSA) is 109 Å². The number of carbonyl (C=O) groups excluding carboxylic acids is 1. The molecular formula is C19H19N5O3. The minimum absolute atomic E-state index is 0.102. The maximum atomic E-state index is 12.3.